The van der Waals surface area contributed by atoms with Crippen LogP contribution in [0.25, 0.3) is 0 Å². The van der Waals surface area contributed by atoms with Gasteiger partial charge in [0.1, 0.15) is 5.84 Å². The third kappa shape index (κ3) is 4.11. The largest absolute Gasteiger partial charge is 0.409 e. The summed E-state index contributed by atoms with van der Waals surface area (Å²) < 4.78 is 0.734. The van der Waals surface area contributed by atoms with Crippen LogP contribution in [0.2, 0.25) is 5.02 Å². The normalized spacial score (nSPS) is 13.2. The number of nitrogens with two attached hydrogens (primary N) is 1. The number of nitrogens with zero attached hydrogens (tertiary/aromatic N) is 2. The Hall–Kier alpha value is -1.27. The Kier molecular flexibility index (Phi) is 5.62. The molecule has 0 fully saturated rings. The van der Waals surface area contributed by atoms with Gasteiger partial charge in [-0.2, -0.15) is 0 Å². The van der Waals surface area contributed by atoms with Crippen LogP contribution in [0.15, 0.2) is 27.8 Å². The van der Waals surface area contributed by atoms with Crippen LogP contribution in [0.4, 0.5) is 0 Å². The molecule has 1 unspecified atom stereocenters. The topological polar surface area (TPSA) is 78.9 Å². The van der Waals surface area contributed by atoms with Crippen molar-refractivity contribution in [3.63, 3.8) is 0 Å². The van der Waals surface area contributed by atoms with Gasteiger partial charge in [-0.05, 0) is 41.1 Å². The van der Waals surface area contributed by atoms with Crippen LogP contribution in [0, 0.1) is 0 Å². The van der Waals surface area contributed by atoms with E-state index in [0.29, 0.717) is 17.0 Å². The molecule has 5 nitrogen and oxygen atoms in total. The molecule has 1 atom stereocenters. The summed E-state index contributed by atoms with van der Waals surface area (Å²) in [7, 11) is 1.66. The molecule has 1 rings (SSSR count). The monoisotopic (exact) mass is 347 g/mol. The van der Waals surface area contributed by atoms with Crippen molar-refractivity contribution in [3.05, 3.63) is 33.3 Å². The summed E-state index contributed by atoms with van der Waals surface area (Å²) in [5.74, 6) is -0.0892. The van der Waals surface area contributed by atoms with E-state index in [1.165, 1.54) is 4.90 Å². The van der Waals surface area contributed by atoms with E-state index < -0.39 is 0 Å². The van der Waals surface area contributed by atoms with Crippen molar-refractivity contribution >= 4 is 39.3 Å². The number of halogens is 2. The van der Waals surface area contributed by atoms with Crippen LogP contribution in [-0.4, -0.2) is 34.9 Å². The molecule has 0 aliphatic heterocycles. The van der Waals surface area contributed by atoms with Gasteiger partial charge in [0.2, 0.25) is 0 Å². The number of carbonyl (C=O) groups excluding carboxylic acids is 1. The number of carbonyl (C=O) groups is 1. The predicted molar refractivity (Wildman–Crippen MR) is 78.7 cm³/mol. The fourth-order valence-corrected chi connectivity index (χ4v) is 1.94. The summed E-state index contributed by atoms with van der Waals surface area (Å²) >= 11 is 9.23. The fourth-order valence-electron chi connectivity index (χ4n) is 1.51. The van der Waals surface area contributed by atoms with Gasteiger partial charge in [-0.1, -0.05) is 16.8 Å². The highest BCUT2D eigenvalue weighted by molar-refractivity contribution is 9.10. The van der Waals surface area contributed by atoms with Gasteiger partial charge in [0.15, 0.2) is 0 Å². The lowest BCUT2D eigenvalue weighted by Gasteiger charge is -2.24. The molecule has 0 radical (unpaired) electrons. The van der Waals surface area contributed by atoms with E-state index >= 15 is 0 Å². The van der Waals surface area contributed by atoms with Crippen molar-refractivity contribution in [2.75, 3.05) is 7.05 Å². The van der Waals surface area contributed by atoms with Gasteiger partial charge in [-0.15, -0.1) is 0 Å². The first kappa shape index (κ1) is 15.8. The van der Waals surface area contributed by atoms with Gasteiger partial charge in [0.05, 0.1) is 5.02 Å². The van der Waals surface area contributed by atoms with E-state index in [2.05, 4.69) is 21.1 Å². The van der Waals surface area contributed by atoms with E-state index in [4.69, 9.17) is 22.5 Å². The van der Waals surface area contributed by atoms with Crippen LogP contribution < -0.4 is 5.73 Å². The lowest BCUT2D eigenvalue weighted by molar-refractivity contribution is 0.0747. The maximum absolute atomic E-state index is 12.2. The summed E-state index contributed by atoms with van der Waals surface area (Å²) in [6.45, 7) is 1.82. The third-order valence-electron chi connectivity index (χ3n) is 2.78. The highest BCUT2D eigenvalue weighted by atomic mass is 79.9. The van der Waals surface area contributed by atoms with Crippen molar-refractivity contribution in [1.82, 2.24) is 4.90 Å². The molecule has 7 heteroatoms. The Labute approximate surface area is 125 Å². The quantitative estimate of drug-likeness (QED) is 0.380. The van der Waals surface area contributed by atoms with Gasteiger partial charge in [0.25, 0.3) is 5.91 Å². The minimum absolute atomic E-state index is 0.0842. The molecule has 1 amide bonds. The Morgan fingerprint density at radius 2 is 2.26 bits per heavy atom. The Balaban J connectivity index is 2.84. The summed E-state index contributed by atoms with van der Waals surface area (Å²) in [6, 6.07) is 4.81. The first-order valence-corrected chi connectivity index (χ1v) is 6.72. The van der Waals surface area contributed by atoms with E-state index in [9.17, 15) is 4.79 Å². The summed E-state index contributed by atoms with van der Waals surface area (Å²) in [5, 5.41) is 11.9. The Bertz CT molecular complexity index is 508. The molecular formula is C12H15BrClN3O2. The van der Waals surface area contributed by atoms with Crippen LogP contribution in [-0.2, 0) is 0 Å². The Morgan fingerprint density at radius 1 is 1.63 bits per heavy atom. The average Bonchev–Trinajstić information content (AvgIpc) is 2.39. The molecule has 0 aliphatic rings. The minimum Gasteiger partial charge on any atom is -0.409 e. The number of amides is 1. The van der Waals surface area contributed by atoms with Gasteiger partial charge in [-0.25, -0.2) is 0 Å². The lowest BCUT2D eigenvalue weighted by atomic mass is 10.1. The number of amidine groups is 1. The first-order valence-electron chi connectivity index (χ1n) is 5.55. The molecule has 1 aromatic carbocycles. The van der Waals surface area contributed by atoms with Gasteiger partial charge >= 0.3 is 0 Å². The van der Waals surface area contributed by atoms with Crippen molar-refractivity contribution in [2.24, 2.45) is 10.9 Å². The molecule has 0 heterocycles. The number of hydrogen-bond donors (Lipinski definition) is 2. The molecule has 1 aromatic rings. The molecule has 0 saturated carbocycles. The SMILES string of the molecule is CC(C/C(N)=N/O)N(C)C(=O)c1ccc(Br)c(Cl)c1. The standard InChI is InChI=1S/C12H15BrClN3O2/c1-7(5-11(15)16-19)17(2)12(18)8-3-4-9(13)10(14)6-8/h3-4,6-7,19H,5H2,1-2H3,(H2,15,16). The average molecular weight is 349 g/mol. The lowest BCUT2D eigenvalue weighted by Crippen LogP contribution is -2.37. The highest BCUT2D eigenvalue weighted by Gasteiger charge is 2.19. The van der Waals surface area contributed by atoms with E-state index in [1.54, 1.807) is 25.2 Å². The van der Waals surface area contributed by atoms with Crippen LogP contribution in [0.1, 0.15) is 23.7 Å². The second-order valence-corrected chi connectivity index (χ2v) is 5.45. The van der Waals surface area contributed by atoms with E-state index in [-0.39, 0.29) is 17.8 Å². The van der Waals surface area contributed by atoms with Gasteiger partial charge in [-0.3, -0.25) is 4.79 Å². The maximum atomic E-state index is 12.2. The Morgan fingerprint density at radius 3 is 2.79 bits per heavy atom. The highest BCUT2D eigenvalue weighted by Crippen LogP contribution is 2.24. The molecule has 3 N–H and O–H groups in total. The predicted octanol–water partition coefficient (Wildman–Crippen LogP) is 2.70. The zero-order valence-electron chi connectivity index (χ0n) is 10.6. The first-order chi connectivity index (χ1) is 8.86. The third-order valence-corrected chi connectivity index (χ3v) is 4.01. The number of oxime groups is 1. The second kappa shape index (κ2) is 6.77. The van der Waals surface area contributed by atoms with Gasteiger partial charge < -0.3 is 15.8 Å². The zero-order valence-corrected chi connectivity index (χ0v) is 12.9. The molecule has 0 aliphatic carbocycles. The van der Waals surface area contributed by atoms with Crippen molar-refractivity contribution < 1.29 is 10.0 Å². The van der Waals surface area contributed by atoms with E-state index in [0.717, 1.165) is 4.47 Å². The summed E-state index contributed by atoms with van der Waals surface area (Å²) in [6.07, 6.45) is 0.295. The number of benzene rings is 1. The molecule has 0 saturated heterocycles. The summed E-state index contributed by atoms with van der Waals surface area (Å²) in [5.41, 5.74) is 5.92. The van der Waals surface area contributed by atoms with Crippen LogP contribution >= 0.6 is 27.5 Å². The van der Waals surface area contributed by atoms with Gasteiger partial charge in [0, 0.05) is 29.5 Å². The minimum atomic E-state index is -0.189. The maximum Gasteiger partial charge on any atom is 0.253 e. The molecule has 0 aromatic heterocycles. The molecule has 0 bridgehead atoms. The smallest absolute Gasteiger partial charge is 0.253 e. The summed E-state index contributed by atoms with van der Waals surface area (Å²) in [4.78, 5) is 13.8. The fraction of sp³-hybridized carbons (Fsp3) is 0.333. The number of hydrogen-bond acceptors (Lipinski definition) is 3. The number of rotatable bonds is 4. The van der Waals surface area contributed by atoms with Crippen LogP contribution in [0.5, 0.6) is 0 Å². The van der Waals surface area contributed by atoms with Crippen molar-refractivity contribution in [2.45, 2.75) is 19.4 Å². The van der Waals surface area contributed by atoms with Crippen molar-refractivity contribution in [3.8, 4) is 0 Å². The molecule has 19 heavy (non-hydrogen) atoms. The molecular weight excluding hydrogens is 334 g/mol. The zero-order chi connectivity index (χ0) is 14.6. The molecule has 104 valence electrons. The van der Waals surface area contributed by atoms with Crippen molar-refractivity contribution in [1.29, 1.82) is 0 Å². The second-order valence-electron chi connectivity index (χ2n) is 4.19. The van der Waals surface area contributed by atoms with E-state index in [1.807, 2.05) is 6.92 Å². The van der Waals surface area contributed by atoms with Crippen LogP contribution in [0.3, 0.4) is 0 Å². The molecule has 0 spiro atoms.